The van der Waals surface area contributed by atoms with Crippen molar-refractivity contribution in [2.45, 2.75) is 45.4 Å². The fourth-order valence-corrected chi connectivity index (χ4v) is 4.09. The molecule has 1 aromatic heterocycles. The first-order valence-electron chi connectivity index (χ1n) is 9.32. The summed E-state index contributed by atoms with van der Waals surface area (Å²) in [5.74, 6) is 0.891. The van der Waals surface area contributed by atoms with Gasteiger partial charge in [-0.3, -0.25) is 0 Å². The first-order valence-corrected chi connectivity index (χ1v) is 9.32. The minimum absolute atomic E-state index is 0.891. The molecule has 1 aliphatic rings. The van der Waals surface area contributed by atoms with Gasteiger partial charge in [-0.2, -0.15) is 0 Å². The Bertz CT molecular complexity index is 915. The molecule has 0 atom stereocenters. The van der Waals surface area contributed by atoms with Crippen LogP contribution in [0.25, 0.3) is 22.0 Å². The maximum Gasteiger partial charge on any atom is 0.137 e. The van der Waals surface area contributed by atoms with Crippen LogP contribution in [0.1, 0.15) is 42.4 Å². The Hall–Kier alpha value is -2.42. The number of aromatic nitrogens is 2. The second-order valence-corrected chi connectivity index (χ2v) is 7.01. The van der Waals surface area contributed by atoms with Crippen molar-refractivity contribution in [2.24, 2.45) is 0 Å². The van der Waals surface area contributed by atoms with E-state index in [2.05, 4.69) is 52.5 Å². The molecule has 0 unspecified atom stereocenters. The van der Waals surface area contributed by atoms with E-state index in [-0.39, 0.29) is 0 Å². The Labute approximate surface area is 149 Å². The normalized spacial score (nSPS) is 14.6. The quantitative estimate of drug-likeness (QED) is 0.692. The van der Waals surface area contributed by atoms with Gasteiger partial charge < -0.3 is 5.32 Å². The molecule has 3 heteroatoms. The monoisotopic (exact) mass is 331 g/mol. The highest BCUT2D eigenvalue weighted by Gasteiger charge is 2.15. The van der Waals surface area contributed by atoms with Crippen LogP contribution in [0.5, 0.6) is 0 Å². The molecule has 128 valence electrons. The molecule has 0 fully saturated rings. The van der Waals surface area contributed by atoms with Crippen molar-refractivity contribution in [3.05, 3.63) is 53.3 Å². The highest BCUT2D eigenvalue weighted by atomic mass is 15.0. The summed E-state index contributed by atoms with van der Waals surface area (Å²) in [6.07, 6.45) is 9.34. The topological polar surface area (TPSA) is 37.8 Å². The summed E-state index contributed by atoms with van der Waals surface area (Å²) in [6.45, 7) is 2.26. The molecule has 3 aromatic rings. The summed E-state index contributed by atoms with van der Waals surface area (Å²) in [7, 11) is 1.91. The number of hydrogen-bond acceptors (Lipinski definition) is 3. The van der Waals surface area contributed by atoms with Crippen molar-refractivity contribution in [3.63, 3.8) is 0 Å². The average Bonchev–Trinajstić information content (AvgIpc) is 2.62. The van der Waals surface area contributed by atoms with Gasteiger partial charge in [0.25, 0.3) is 0 Å². The van der Waals surface area contributed by atoms with Gasteiger partial charge in [0.15, 0.2) is 0 Å². The third-order valence-electron chi connectivity index (χ3n) is 5.45. The molecule has 2 aromatic carbocycles. The second kappa shape index (κ2) is 6.83. The van der Waals surface area contributed by atoms with Crippen LogP contribution in [0.15, 0.2) is 36.7 Å². The highest BCUT2D eigenvalue weighted by molar-refractivity contribution is 5.92. The Morgan fingerprint density at radius 2 is 1.68 bits per heavy atom. The van der Waals surface area contributed by atoms with Crippen LogP contribution in [0, 0.1) is 6.92 Å². The SMILES string of the molecule is CNc1ncnc2ccc(-c3ccc(C)c4c3CCCCCC4)cc12. The van der Waals surface area contributed by atoms with Crippen LogP contribution in [-0.2, 0) is 12.8 Å². The summed E-state index contributed by atoms with van der Waals surface area (Å²) in [5.41, 5.74) is 8.22. The van der Waals surface area contributed by atoms with Crippen LogP contribution < -0.4 is 5.32 Å². The molecule has 0 bridgehead atoms. The first kappa shape index (κ1) is 16.1. The average molecular weight is 331 g/mol. The fourth-order valence-electron chi connectivity index (χ4n) is 4.09. The lowest BCUT2D eigenvalue weighted by molar-refractivity contribution is 0.616. The summed E-state index contributed by atoms with van der Waals surface area (Å²) >= 11 is 0. The van der Waals surface area contributed by atoms with Crippen LogP contribution in [0.3, 0.4) is 0 Å². The molecule has 0 amide bonds. The molecule has 1 heterocycles. The lowest BCUT2D eigenvalue weighted by Crippen LogP contribution is -2.04. The van der Waals surface area contributed by atoms with Crippen LogP contribution in [0.4, 0.5) is 5.82 Å². The molecule has 0 aliphatic heterocycles. The number of nitrogens with zero attached hydrogens (tertiary/aromatic N) is 2. The van der Waals surface area contributed by atoms with Gasteiger partial charge in [0.1, 0.15) is 12.1 Å². The zero-order chi connectivity index (χ0) is 17.2. The number of aryl methyl sites for hydroxylation is 1. The van der Waals surface area contributed by atoms with E-state index in [1.807, 2.05) is 7.05 Å². The molecule has 0 radical (unpaired) electrons. The number of rotatable bonds is 2. The maximum absolute atomic E-state index is 4.40. The smallest absolute Gasteiger partial charge is 0.137 e. The zero-order valence-electron chi connectivity index (χ0n) is 15.1. The minimum atomic E-state index is 0.891. The highest BCUT2D eigenvalue weighted by Crippen LogP contribution is 2.34. The van der Waals surface area contributed by atoms with E-state index < -0.39 is 0 Å². The molecule has 4 rings (SSSR count). The third-order valence-corrected chi connectivity index (χ3v) is 5.45. The molecule has 1 N–H and O–H groups in total. The van der Waals surface area contributed by atoms with Gasteiger partial charge in [-0.1, -0.05) is 31.0 Å². The standard InChI is InChI=1S/C22H25N3/c1-15-9-11-18(19-8-6-4-3-5-7-17(15)19)16-10-12-21-20(13-16)22(23-2)25-14-24-21/h9-14H,3-8H2,1-2H3,(H,23,24,25). The van der Waals surface area contributed by atoms with E-state index in [4.69, 9.17) is 0 Å². The predicted octanol–water partition coefficient (Wildman–Crippen LogP) is 5.31. The van der Waals surface area contributed by atoms with Crippen molar-refractivity contribution in [1.82, 2.24) is 9.97 Å². The van der Waals surface area contributed by atoms with Crippen LogP contribution in [-0.4, -0.2) is 17.0 Å². The van der Waals surface area contributed by atoms with Crippen molar-refractivity contribution >= 4 is 16.7 Å². The van der Waals surface area contributed by atoms with Crippen LogP contribution >= 0.6 is 0 Å². The summed E-state index contributed by atoms with van der Waals surface area (Å²) in [5, 5.41) is 4.27. The fraction of sp³-hybridized carbons (Fsp3) is 0.364. The number of anilines is 1. The number of benzene rings is 2. The second-order valence-electron chi connectivity index (χ2n) is 7.01. The molecule has 0 saturated carbocycles. The summed E-state index contributed by atoms with van der Waals surface area (Å²) in [4.78, 5) is 8.77. The third kappa shape index (κ3) is 2.99. The lowest BCUT2D eigenvalue weighted by Gasteiger charge is -2.20. The molecule has 25 heavy (non-hydrogen) atoms. The number of hydrogen-bond donors (Lipinski definition) is 1. The van der Waals surface area contributed by atoms with E-state index in [1.165, 1.54) is 55.2 Å². The van der Waals surface area contributed by atoms with Gasteiger partial charge in [-0.15, -0.1) is 0 Å². The maximum atomic E-state index is 4.40. The van der Waals surface area contributed by atoms with Crippen molar-refractivity contribution in [1.29, 1.82) is 0 Å². The largest absolute Gasteiger partial charge is 0.373 e. The molecule has 0 saturated heterocycles. The lowest BCUT2D eigenvalue weighted by atomic mass is 9.85. The van der Waals surface area contributed by atoms with E-state index in [9.17, 15) is 0 Å². The zero-order valence-corrected chi connectivity index (χ0v) is 15.1. The van der Waals surface area contributed by atoms with E-state index in [1.54, 1.807) is 17.5 Å². The predicted molar refractivity (Wildman–Crippen MR) is 105 cm³/mol. The minimum Gasteiger partial charge on any atom is -0.373 e. The van der Waals surface area contributed by atoms with Gasteiger partial charge in [-0.05, 0) is 72.6 Å². The van der Waals surface area contributed by atoms with Gasteiger partial charge in [0.05, 0.1) is 5.52 Å². The van der Waals surface area contributed by atoms with Gasteiger partial charge in [0, 0.05) is 12.4 Å². The summed E-state index contributed by atoms with van der Waals surface area (Å²) in [6, 6.07) is 11.2. The van der Waals surface area contributed by atoms with Gasteiger partial charge >= 0.3 is 0 Å². The molecule has 3 nitrogen and oxygen atoms in total. The van der Waals surface area contributed by atoms with Gasteiger partial charge in [-0.25, -0.2) is 9.97 Å². The van der Waals surface area contributed by atoms with E-state index >= 15 is 0 Å². The molecular weight excluding hydrogens is 306 g/mol. The first-order chi connectivity index (χ1) is 12.3. The van der Waals surface area contributed by atoms with E-state index in [0.29, 0.717) is 0 Å². The van der Waals surface area contributed by atoms with Crippen molar-refractivity contribution in [3.8, 4) is 11.1 Å². The molecule has 1 aliphatic carbocycles. The summed E-state index contributed by atoms with van der Waals surface area (Å²) < 4.78 is 0. The Balaban J connectivity index is 1.89. The number of nitrogens with one attached hydrogen (secondary N) is 1. The van der Waals surface area contributed by atoms with Crippen molar-refractivity contribution in [2.75, 3.05) is 12.4 Å². The Kier molecular flexibility index (Phi) is 4.39. The van der Waals surface area contributed by atoms with Gasteiger partial charge in [0.2, 0.25) is 0 Å². The molecular formula is C22H25N3. The Morgan fingerprint density at radius 1 is 0.880 bits per heavy atom. The van der Waals surface area contributed by atoms with Crippen LogP contribution in [0.2, 0.25) is 0 Å². The Morgan fingerprint density at radius 3 is 2.48 bits per heavy atom. The van der Waals surface area contributed by atoms with E-state index in [0.717, 1.165) is 16.7 Å². The number of fused-ring (bicyclic) bond motifs is 2. The van der Waals surface area contributed by atoms with Crippen molar-refractivity contribution < 1.29 is 0 Å². The molecule has 0 spiro atoms.